The van der Waals surface area contributed by atoms with Crippen molar-refractivity contribution in [2.75, 3.05) is 7.11 Å². The van der Waals surface area contributed by atoms with Gasteiger partial charge in [-0.1, -0.05) is 50.1 Å². The summed E-state index contributed by atoms with van der Waals surface area (Å²) >= 11 is 16.3. The minimum Gasteiger partial charge on any atom is -0.495 e. The third-order valence-corrected chi connectivity index (χ3v) is 5.31. The van der Waals surface area contributed by atoms with Gasteiger partial charge in [0.25, 0.3) is 0 Å². The van der Waals surface area contributed by atoms with Gasteiger partial charge in [0.15, 0.2) is 0 Å². The van der Waals surface area contributed by atoms with Crippen LogP contribution in [-0.2, 0) is 0 Å². The molecule has 0 N–H and O–H groups in total. The Bertz CT molecular complexity index is 442. The van der Waals surface area contributed by atoms with Gasteiger partial charge in [0.2, 0.25) is 0 Å². The van der Waals surface area contributed by atoms with Crippen LogP contribution >= 0.6 is 39.1 Å². The Morgan fingerprint density at radius 2 is 1.90 bits per heavy atom. The van der Waals surface area contributed by atoms with Crippen molar-refractivity contribution < 1.29 is 4.74 Å². The standard InChI is InChI=1S/C16H21BrCl2O/c1-20-16-13(9-12(18)10-14(16)17)15(19)8-11-6-4-2-3-5-7-11/h9-11,15H,2-8H2,1H3. The SMILES string of the molecule is COc1c(Br)cc(Cl)cc1C(Cl)CC1CCCCCC1. The van der Waals surface area contributed by atoms with Crippen LogP contribution in [0.1, 0.15) is 55.9 Å². The summed E-state index contributed by atoms with van der Waals surface area (Å²) < 4.78 is 6.35. The predicted molar refractivity (Wildman–Crippen MR) is 90.1 cm³/mol. The van der Waals surface area contributed by atoms with Crippen LogP contribution in [0.25, 0.3) is 0 Å². The molecule has 0 saturated heterocycles. The van der Waals surface area contributed by atoms with E-state index in [1.807, 2.05) is 12.1 Å². The lowest BCUT2D eigenvalue weighted by molar-refractivity contribution is 0.393. The van der Waals surface area contributed by atoms with Crippen LogP contribution in [0, 0.1) is 5.92 Å². The molecule has 1 aromatic rings. The molecule has 1 atom stereocenters. The summed E-state index contributed by atoms with van der Waals surface area (Å²) in [4.78, 5) is 0. The molecule has 0 aromatic heterocycles. The second kappa shape index (κ2) is 7.91. The van der Waals surface area contributed by atoms with Gasteiger partial charge in [-0.3, -0.25) is 0 Å². The molecule has 0 aliphatic heterocycles. The molecular formula is C16H21BrCl2O. The maximum Gasteiger partial charge on any atom is 0.137 e. The summed E-state index contributed by atoms with van der Waals surface area (Å²) in [6.45, 7) is 0. The molecule has 1 aliphatic carbocycles. The third-order valence-electron chi connectivity index (χ3n) is 4.09. The van der Waals surface area contributed by atoms with Gasteiger partial charge < -0.3 is 4.74 Å². The number of hydrogen-bond donors (Lipinski definition) is 0. The molecule has 1 aromatic carbocycles. The van der Waals surface area contributed by atoms with Crippen molar-refractivity contribution in [3.05, 3.63) is 27.2 Å². The molecule has 2 rings (SSSR count). The summed E-state index contributed by atoms with van der Waals surface area (Å²) in [6, 6.07) is 3.78. The summed E-state index contributed by atoms with van der Waals surface area (Å²) in [5, 5.41) is 0.655. The topological polar surface area (TPSA) is 9.23 Å². The van der Waals surface area contributed by atoms with Gasteiger partial charge in [0.1, 0.15) is 5.75 Å². The second-order valence-corrected chi connectivity index (χ2v) is 7.39. The summed E-state index contributed by atoms with van der Waals surface area (Å²) in [5.41, 5.74) is 0.998. The fraction of sp³-hybridized carbons (Fsp3) is 0.625. The van der Waals surface area contributed by atoms with Crippen LogP contribution in [0.4, 0.5) is 0 Å². The minimum absolute atomic E-state index is 0.0388. The zero-order valence-electron chi connectivity index (χ0n) is 11.8. The molecule has 112 valence electrons. The largest absolute Gasteiger partial charge is 0.495 e. The number of hydrogen-bond acceptors (Lipinski definition) is 1. The van der Waals surface area contributed by atoms with Crippen molar-refractivity contribution in [1.82, 2.24) is 0 Å². The highest BCUT2D eigenvalue weighted by Gasteiger charge is 2.22. The number of halogens is 3. The summed E-state index contributed by atoms with van der Waals surface area (Å²) in [7, 11) is 1.67. The van der Waals surface area contributed by atoms with E-state index in [9.17, 15) is 0 Å². The van der Waals surface area contributed by atoms with E-state index in [1.54, 1.807) is 7.11 Å². The van der Waals surface area contributed by atoms with Crippen molar-refractivity contribution in [2.24, 2.45) is 5.92 Å². The van der Waals surface area contributed by atoms with E-state index in [4.69, 9.17) is 27.9 Å². The van der Waals surface area contributed by atoms with E-state index in [-0.39, 0.29) is 5.38 Å². The first-order valence-electron chi connectivity index (χ1n) is 7.28. The number of benzene rings is 1. The zero-order chi connectivity index (χ0) is 14.5. The van der Waals surface area contributed by atoms with Crippen LogP contribution in [0.15, 0.2) is 16.6 Å². The minimum atomic E-state index is -0.0388. The normalized spacial score (nSPS) is 18.6. The van der Waals surface area contributed by atoms with E-state index in [0.717, 1.165) is 28.1 Å². The predicted octanol–water partition coefficient (Wildman–Crippen LogP) is 6.75. The molecule has 1 unspecified atom stereocenters. The molecule has 0 spiro atoms. The van der Waals surface area contributed by atoms with Gasteiger partial charge in [0.05, 0.1) is 17.0 Å². The van der Waals surface area contributed by atoms with Crippen molar-refractivity contribution in [1.29, 1.82) is 0 Å². The first-order chi connectivity index (χ1) is 9.61. The monoisotopic (exact) mass is 378 g/mol. The van der Waals surface area contributed by atoms with Crippen LogP contribution in [0.2, 0.25) is 5.02 Å². The Kier molecular flexibility index (Phi) is 6.51. The molecule has 1 aliphatic rings. The zero-order valence-corrected chi connectivity index (χ0v) is 14.9. The fourth-order valence-electron chi connectivity index (χ4n) is 3.05. The van der Waals surface area contributed by atoms with Crippen LogP contribution in [0.3, 0.4) is 0 Å². The van der Waals surface area contributed by atoms with Gasteiger partial charge in [-0.15, -0.1) is 11.6 Å². The average Bonchev–Trinajstić information content (AvgIpc) is 2.66. The smallest absolute Gasteiger partial charge is 0.137 e. The molecule has 0 amide bonds. The second-order valence-electron chi connectivity index (χ2n) is 5.57. The van der Waals surface area contributed by atoms with Crippen LogP contribution in [0.5, 0.6) is 5.75 Å². The Balaban J connectivity index is 2.13. The molecule has 20 heavy (non-hydrogen) atoms. The van der Waals surface area contributed by atoms with Crippen LogP contribution in [-0.4, -0.2) is 7.11 Å². The van der Waals surface area contributed by atoms with E-state index >= 15 is 0 Å². The van der Waals surface area contributed by atoms with Crippen molar-refractivity contribution >= 4 is 39.1 Å². The molecule has 1 fully saturated rings. The lowest BCUT2D eigenvalue weighted by atomic mass is 9.92. The van der Waals surface area contributed by atoms with Crippen molar-refractivity contribution in [2.45, 2.75) is 50.3 Å². The molecule has 0 bridgehead atoms. The van der Waals surface area contributed by atoms with Crippen molar-refractivity contribution in [3.8, 4) is 5.75 Å². The molecule has 0 radical (unpaired) electrons. The van der Waals surface area contributed by atoms with E-state index in [0.29, 0.717) is 5.02 Å². The molecule has 0 heterocycles. The van der Waals surface area contributed by atoms with Gasteiger partial charge >= 0.3 is 0 Å². The number of methoxy groups -OCH3 is 1. The first kappa shape index (κ1) is 16.5. The summed E-state index contributed by atoms with van der Waals surface area (Å²) in [5.74, 6) is 1.53. The number of alkyl halides is 1. The Hall–Kier alpha value is 0.0800. The highest BCUT2D eigenvalue weighted by atomic mass is 79.9. The highest BCUT2D eigenvalue weighted by Crippen LogP contribution is 2.42. The first-order valence-corrected chi connectivity index (χ1v) is 8.89. The maximum absolute atomic E-state index is 6.66. The van der Waals surface area contributed by atoms with E-state index in [1.165, 1.54) is 38.5 Å². The lowest BCUT2D eigenvalue weighted by Crippen LogP contribution is -2.05. The molecule has 4 heteroatoms. The molecule has 1 saturated carbocycles. The van der Waals surface area contributed by atoms with E-state index in [2.05, 4.69) is 15.9 Å². The van der Waals surface area contributed by atoms with E-state index < -0.39 is 0 Å². The van der Waals surface area contributed by atoms with Crippen LogP contribution < -0.4 is 4.74 Å². The highest BCUT2D eigenvalue weighted by molar-refractivity contribution is 9.10. The molecular weight excluding hydrogens is 359 g/mol. The van der Waals surface area contributed by atoms with Gasteiger partial charge in [0, 0.05) is 10.6 Å². The maximum atomic E-state index is 6.66. The van der Waals surface area contributed by atoms with Gasteiger partial charge in [-0.25, -0.2) is 0 Å². The van der Waals surface area contributed by atoms with Crippen molar-refractivity contribution in [3.63, 3.8) is 0 Å². The Morgan fingerprint density at radius 3 is 2.50 bits per heavy atom. The Morgan fingerprint density at radius 1 is 1.25 bits per heavy atom. The number of ether oxygens (including phenoxy) is 1. The average molecular weight is 380 g/mol. The Labute approximate surface area is 140 Å². The van der Waals surface area contributed by atoms with Gasteiger partial charge in [-0.2, -0.15) is 0 Å². The van der Waals surface area contributed by atoms with Gasteiger partial charge in [-0.05, 0) is 40.4 Å². The number of rotatable bonds is 4. The lowest BCUT2D eigenvalue weighted by Gasteiger charge is -2.20. The summed E-state index contributed by atoms with van der Waals surface area (Å²) in [6.07, 6.45) is 9.02. The molecule has 1 nitrogen and oxygen atoms in total. The fourth-order valence-corrected chi connectivity index (χ4v) is 4.46. The quantitative estimate of drug-likeness (QED) is 0.415. The third kappa shape index (κ3) is 4.29.